The molecular formula is C18H16. The zero-order valence-corrected chi connectivity index (χ0v) is 10.4. The van der Waals surface area contributed by atoms with Crippen molar-refractivity contribution in [3.63, 3.8) is 0 Å². The van der Waals surface area contributed by atoms with E-state index in [1.54, 1.807) is 5.57 Å². The standard InChI is InChI=1S/C18H16/c1-2-5-14(6-3-1)17-8-4-7-15-11-16(12-18(15)17)13-9-10-13/h1-8,11,13H,9-10,12H2. The van der Waals surface area contributed by atoms with E-state index >= 15 is 0 Å². The summed E-state index contributed by atoms with van der Waals surface area (Å²) in [5, 5.41) is 0. The van der Waals surface area contributed by atoms with Gasteiger partial charge >= 0.3 is 0 Å². The average Bonchev–Trinajstić information content (AvgIpc) is 3.18. The van der Waals surface area contributed by atoms with Crippen LogP contribution in [-0.2, 0) is 6.42 Å². The van der Waals surface area contributed by atoms with Crippen LogP contribution in [0.15, 0.2) is 54.1 Å². The lowest BCUT2D eigenvalue weighted by atomic mass is 9.95. The molecule has 0 radical (unpaired) electrons. The minimum absolute atomic E-state index is 0.890. The van der Waals surface area contributed by atoms with Crippen LogP contribution in [0.2, 0.25) is 0 Å². The molecule has 0 heterocycles. The molecule has 88 valence electrons. The highest BCUT2D eigenvalue weighted by Crippen LogP contribution is 2.44. The van der Waals surface area contributed by atoms with Gasteiger partial charge in [-0.1, -0.05) is 60.2 Å². The molecule has 1 saturated carbocycles. The van der Waals surface area contributed by atoms with Crippen molar-refractivity contribution in [1.82, 2.24) is 0 Å². The average molecular weight is 232 g/mol. The molecule has 2 aromatic carbocycles. The summed E-state index contributed by atoms with van der Waals surface area (Å²) in [6, 6.07) is 17.5. The molecule has 0 atom stereocenters. The zero-order valence-electron chi connectivity index (χ0n) is 10.4. The van der Waals surface area contributed by atoms with Crippen molar-refractivity contribution in [1.29, 1.82) is 0 Å². The molecule has 0 nitrogen and oxygen atoms in total. The first-order chi connectivity index (χ1) is 8.92. The molecule has 2 aromatic rings. The SMILES string of the molecule is C1=C(C2CC2)Cc2c1cccc2-c1ccccc1. The Balaban J connectivity index is 1.79. The maximum absolute atomic E-state index is 2.43. The molecule has 0 spiro atoms. The van der Waals surface area contributed by atoms with E-state index in [1.807, 2.05) is 0 Å². The van der Waals surface area contributed by atoms with Crippen LogP contribution in [0.3, 0.4) is 0 Å². The Morgan fingerprint density at radius 3 is 2.44 bits per heavy atom. The summed E-state index contributed by atoms with van der Waals surface area (Å²) in [5.41, 5.74) is 7.40. The second kappa shape index (κ2) is 3.84. The van der Waals surface area contributed by atoms with E-state index in [2.05, 4.69) is 54.6 Å². The summed E-state index contributed by atoms with van der Waals surface area (Å²) in [6.07, 6.45) is 6.41. The Labute approximate surface area is 108 Å². The Bertz CT molecular complexity index is 616. The van der Waals surface area contributed by atoms with Gasteiger partial charge in [-0.15, -0.1) is 0 Å². The highest BCUT2D eigenvalue weighted by atomic mass is 14.3. The lowest BCUT2D eigenvalue weighted by Crippen LogP contribution is -1.91. The predicted octanol–water partition coefficient (Wildman–Crippen LogP) is 4.70. The summed E-state index contributed by atoms with van der Waals surface area (Å²) >= 11 is 0. The van der Waals surface area contributed by atoms with Crippen LogP contribution in [0.25, 0.3) is 17.2 Å². The lowest BCUT2D eigenvalue weighted by Gasteiger charge is -2.09. The third kappa shape index (κ3) is 1.60. The quantitative estimate of drug-likeness (QED) is 0.703. The third-order valence-corrected chi connectivity index (χ3v) is 4.12. The lowest BCUT2D eigenvalue weighted by molar-refractivity contribution is 0.963. The number of fused-ring (bicyclic) bond motifs is 1. The Morgan fingerprint density at radius 2 is 1.67 bits per heavy atom. The maximum Gasteiger partial charge on any atom is -0.00489 e. The second-order valence-electron chi connectivity index (χ2n) is 5.41. The van der Waals surface area contributed by atoms with Gasteiger partial charge in [-0.25, -0.2) is 0 Å². The van der Waals surface area contributed by atoms with Crippen LogP contribution in [0.4, 0.5) is 0 Å². The van der Waals surface area contributed by atoms with Crippen LogP contribution < -0.4 is 0 Å². The third-order valence-electron chi connectivity index (χ3n) is 4.12. The fraction of sp³-hybridized carbons (Fsp3) is 0.222. The van der Waals surface area contributed by atoms with Gasteiger partial charge in [0.1, 0.15) is 0 Å². The highest BCUT2D eigenvalue weighted by Gasteiger charge is 2.29. The van der Waals surface area contributed by atoms with Crippen LogP contribution in [-0.4, -0.2) is 0 Å². The van der Waals surface area contributed by atoms with Gasteiger partial charge in [-0.3, -0.25) is 0 Å². The fourth-order valence-electron chi connectivity index (χ4n) is 3.00. The molecular weight excluding hydrogens is 216 g/mol. The summed E-state index contributed by atoms with van der Waals surface area (Å²) in [4.78, 5) is 0. The fourth-order valence-corrected chi connectivity index (χ4v) is 3.00. The van der Waals surface area contributed by atoms with Crippen molar-refractivity contribution in [2.75, 3.05) is 0 Å². The van der Waals surface area contributed by atoms with Crippen molar-refractivity contribution in [3.05, 3.63) is 65.2 Å². The smallest absolute Gasteiger partial charge is 0.00489 e. The summed E-state index contributed by atoms with van der Waals surface area (Å²) in [6.45, 7) is 0. The second-order valence-corrected chi connectivity index (χ2v) is 5.41. The number of hydrogen-bond donors (Lipinski definition) is 0. The molecule has 18 heavy (non-hydrogen) atoms. The van der Waals surface area contributed by atoms with Crippen molar-refractivity contribution in [2.45, 2.75) is 19.3 Å². The van der Waals surface area contributed by atoms with Crippen molar-refractivity contribution in [2.24, 2.45) is 5.92 Å². The number of hydrogen-bond acceptors (Lipinski definition) is 0. The van der Waals surface area contributed by atoms with E-state index in [9.17, 15) is 0 Å². The van der Waals surface area contributed by atoms with Gasteiger partial charge < -0.3 is 0 Å². The van der Waals surface area contributed by atoms with Crippen molar-refractivity contribution >= 4 is 6.08 Å². The van der Waals surface area contributed by atoms with E-state index in [4.69, 9.17) is 0 Å². The monoisotopic (exact) mass is 232 g/mol. The van der Waals surface area contributed by atoms with Gasteiger partial charge in [-0.05, 0) is 47.4 Å². The van der Waals surface area contributed by atoms with Gasteiger partial charge in [0, 0.05) is 0 Å². The van der Waals surface area contributed by atoms with Crippen LogP contribution in [0, 0.1) is 5.92 Å². The molecule has 4 rings (SSSR count). The number of rotatable bonds is 2. The molecule has 0 unspecified atom stereocenters. The first kappa shape index (κ1) is 10.1. The summed E-state index contributed by atoms with van der Waals surface area (Å²) in [7, 11) is 0. The molecule has 0 N–H and O–H groups in total. The van der Waals surface area contributed by atoms with E-state index in [-0.39, 0.29) is 0 Å². The van der Waals surface area contributed by atoms with Crippen LogP contribution in [0.5, 0.6) is 0 Å². The first-order valence-corrected chi connectivity index (χ1v) is 6.79. The number of allylic oxidation sites excluding steroid dienone is 1. The van der Waals surface area contributed by atoms with Crippen molar-refractivity contribution < 1.29 is 0 Å². The van der Waals surface area contributed by atoms with Gasteiger partial charge in [0.15, 0.2) is 0 Å². The van der Waals surface area contributed by atoms with Crippen LogP contribution in [0.1, 0.15) is 24.0 Å². The Morgan fingerprint density at radius 1 is 0.833 bits per heavy atom. The molecule has 0 amide bonds. The van der Waals surface area contributed by atoms with Crippen LogP contribution >= 0.6 is 0 Å². The summed E-state index contributed by atoms with van der Waals surface area (Å²) < 4.78 is 0. The normalized spacial score (nSPS) is 17.4. The Kier molecular flexibility index (Phi) is 2.16. The molecule has 2 aliphatic rings. The molecule has 0 saturated heterocycles. The Hall–Kier alpha value is -1.82. The molecule has 0 aliphatic heterocycles. The minimum atomic E-state index is 0.890. The minimum Gasteiger partial charge on any atom is -0.0622 e. The molecule has 0 aromatic heterocycles. The van der Waals surface area contributed by atoms with Gasteiger partial charge in [0.05, 0.1) is 0 Å². The molecule has 0 heteroatoms. The van der Waals surface area contributed by atoms with E-state index in [0.717, 1.165) is 5.92 Å². The summed E-state index contributed by atoms with van der Waals surface area (Å²) in [5.74, 6) is 0.890. The van der Waals surface area contributed by atoms with Gasteiger partial charge in [-0.2, -0.15) is 0 Å². The zero-order chi connectivity index (χ0) is 11.9. The topological polar surface area (TPSA) is 0 Å². The number of benzene rings is 2. The maximum atomic E-state index is 2.43. The largest absolute Gasteiger partial charge is 0.0622 e. The highest BCUT2D eigenvalue weighted by molar-refractivity contribution is 5.77. The van der Waals surface area contributed by atoms with E-state index in [0.29, 0.717) is 0 Å². The van der Waals surface area contributed by atoms with Gasteiger partial charge in [0.25, 0.3) is 0 Å². The predicted molar refractivity (Wildman–Crippen MR) is 76.3 cm³/mol. The molecule has 1 fully saturated rings. The van der Waals surface area contributed by atoms with E-state index in [1.165, 1.54) is 41.5 Å². The van der Waals surface area contributed by atoms with Crippen molar-refractivity contribution in [3.8, 4) is 11.1 Å². The van der Waals surface area contributed by atoms with Gasteiger partial charge in [0.2, 0.25) is 0 Å². The van der Waals surface area contributed by atoms with E-state index < -0.39 is 0 Å². The first-order valence-electron chi connectivity index (χ1n) is 6.79. The molecule has 2 aliphatic carbocycles. The molecule has 0 bridgehead atoms.